The minimum absolute atomic E-state index is 0.0315. The lowest BCUT2D eigenvalue weighted by Crippen LogP contribution is -2.37. The summed E-state index contributed by atoms with van der Waals surface area (Å²) in [6.07, 6.45) is 48.5. The third kappa shape index (κ3) is 48.4. The van der Waals surface area contributed by atoms with E-state index < -0.39 is 13.9 Å². The monoisotopic (exact) mass is 860 g/mol. The van der Waals surface area contributed by atoms with Gasteiger partial charge in [0.2, 0.25) is 0 Å². The molecule has 0 saturated carbocycles. The summed E-state index contributed by atoms with van der Waals surface area (Å²) in [5.74, 6) is -0.326. The van der Waals surface area contributed by atoms with Gasteiger partial charge in [0.25, 0.3) is 7.82 Å². The number of esters is 1. The molecule has 0 aromatic carbocycles. The molecule has 0 saturated heterocycles. The first-order valence-electron chi connectivity index (χ1n) is 25.8. The Labute approximate surface area is 368 Å². The fourth-order valence-corrected chi connectivity index (χ4v) is 8.40. The molecular weight excluding hydrogens is 758 g/mol. The number of phosphoric ester groups is 1. The second kappa shape index (κ2) is 44.1. The third-order valence-corrected chi connectivity index (χ3v) is 12.6. The van der Waals surface area contributed by atoms with Gasteiger partial charge in [0.05, 0.1) is 34.4 Å². The van der Waals surface area contributed by atoms with Crippen molar-refractivity contribution < 1.29 is 37.3 Å². The maximum absolute atomic E-state index is 12.7. The number of phosphoric acid groups is 1. The van der Waals surface area contributed by atoms with Crippen LogP contribution in [0.1, 0.15) is 258 Å². The number of carbonyl (C=O) groups is 1. The summed E-state index contributed by atoms with van der Waals surface area (Å²) in [6, 6.07) is 0. The van der Waals surface area contributed by atoms with E-state index in [4.69, 9.17) is 18.5 Å². The zero-order chi connectivity index (χ0) is 43.4. The minimum Gasteiger partial charge on any atom is -0.756 e. The van der Waals surface area contributed by atoms with Gasteiger partial charge in [0, 0.05) is 13.0 Å². The van der Waals surface area contributed by atoms with Crippen LogP contribution in [0.25, 0.3) is 0 Å². The Hall–Kier alpha value is -0.500. The Kier molecular flexibility index (Phi) is 43.7. The number of rotatable bonds is 49. The lowest BCUT2D eigenvalue weighted by atomic mass is 10.0. The van der Waals surface area contributed by atoms with Crippen LogP contribution in [0.15, 0.2) is 0 Å². The number of ether oxygens (including phenoxy) is 2. The summed E-state index contributed by atoms with van der Waals surface area (Å²) < 4.78 is 34.7. The van der Waals surface area contributed by atoms with Crippen LogP contribution in [0.3, 0.4) is 0 Å². The second-order valence-electron chi connectivity index (χ2n) is 18.9. The molecule has 0 aromatic rings. The highest BCUT2D eigenvalue weighted by Crippen LogP contribution is 2.38. The molecule has 0 radical (unpaired) electrons. The first kappa shape index (κ1) is 58.5. The molecule has 0 rings (SSSR count). The number of carbonyl (C=O) groups excluding carboxylic acids is 1. The molecule has 0 bridgehead atoms. The first-order chi connectivity index (χ1) is 28.6. The van der Waals surface area contributed by atoms with E-state index in [1.54, 1.807) is 0 Å². The second-order valence-corrected chi connectivity index (χ2v) is 20.3. The fourth-order valence-electron chi connectivity index (χ4n) is 7.67. The van der Waals surface area contributed by atoms with Crippen LogP contribution in [0.2, 0.25) is 0 Å². The van der Waals surface area contributed by atoms with E-state index >= 15 is 0 Å². The topological polar surface area (TPSA) is 94.1 Å². The van der Waals surface area contributed by atoms with Crippen LogP contribution in [0.4, 0.5) is 0 Å². The SMILES string of the molecule is CCCCCCCCCCCCCCCCCCCCCCCCCCCC(=O)OC(COCCCCCCCCCCCCCC)COP(=O)([O-])OCC[N+](C)(C)C. The van der Waals surface area contributed by atoms with Crippen LogP contribution in [-0.4, -0.2) is 70.7 Å². The van der Waals surface area contributed by atoms with E-state index in [9.17, 15) is 14.3 Å². The lowest BCUT2D eigenvalue weighted by Gasteiger charge is -2.28. The maximum Gasteiger partial charge on any atom is 0.306 e. The molecule has 2 atom stereocenters. The Morgan fingerprint density at radius 1 is 0.458 bits per heavy atom. The molecule has 0 aliphatic rings. The number of nitrogens with zero attached hydrogens (tertiary/aromatic N) is 1. The Balaban J connectivity index is 3.98. The molecule has 9 heteroatoms. The van der Waals surface area contributed by atoms with Gasteiger partial charge >= 0.3 is 5.97 Å². The smallest absolute Gasteiger partial charge is 0.306 e. The molecule has 0 aliphatic heterocycles. The molecule has 354 valence electrons. The van der Waals surface area contributed by atoms with Crippen LogP contribution in [0.5, 0.6) is 0 Å². The number of hydrogen-bond acceptors (Lipinski definition) is 7. The van der Waals surface area contributed by atoms with Crippen molar-refractivity contribution in [2.45, 2.75) is 264 Å². The number of hydrogen-bond donors (Lipinski definition) is 0. The lowest BCUT2D eigenvalue weighted by molar-refractivity contribution is -0.870. The van der Waals surface area contributed by atoms with Crippen molar-refractivity contribution in [2.75, 3.05) is 54.1 Å². The van der Waals surface area contributed by atoms with Crippen LogP contribution >= 0.6 is 7.82 Å². The van der Waals surface area contributed by atoms with Crippen LogP contribution in [-0.2, 0) is 27.9 Å². The normalized spacial score (nSPS) is 13.5. The van der Waals surface area contributed by atoms with E-state index in [0.29, 0.717) is 24.1 Å². The summed E-state index contributed by atoms with van der Waals surface area (Å²) in [7, 11) is 1.38. The molecule has 0 aliphatic carbocycles. The van der Waals surface area contributed by atoms with Crippen LogP contribution < -0.4 is 4.89 Å². The molecule has 0 aromatic heterocycles. The van der Waals surface area contributed by atoms with E-state index in [1.165, 1.54) is 205 Å². The van der Waals surface area contributed by atoms with Crippen molar-refractivity contribution in [2.24, 2.45) is 0 Å². The fraction of sp³-hybridized carbons (Fsp3) is 0.980. The number of quaternary nitrogens is 1. The van der Waals surface area contributed by atoms with Crippen LogP contribution in [0, 0.1) is 0 Å². The number of unbranched alkanes of at least 4 members (excludes halogenated alkanes) is 35. The summed E-state index contributed by atoms with van der Waals surface area (Å²) in [6.45, 7) is 5.48. The summed E-state index contributed by atoms with van der Waals surface area (Å²) in [5, 5.41) is 0. The minimum atomic E-state index is -4.52. The van der Waals surface area contributed by atoms with Gasteiger partial charge in [-0.25, -0.2) is 0 Å². The van der Waals surface area contributed by atoms with Gasteiger partial charge in [-0.05, 0) is 12.8 Å². The van der Waals surface area contributed by atoms with Gasteiger partial charge in [-0.3, -0.25) is 9.36 Å². The molecular formula is C50H102NO7P. The highest BCUT2D eigenvalue weighted by molar-refractivity contribution is 7.45. The predicted octanol–water partition coefficient (Wildman–Crippen LogP) is 15.0. The van der Waals surface area contributed by atoms with Gasteiger partial charge in [-0.1, -0.05) is 239 Å². The van der Waals surface area contributed by atoms with E-state index in [0.717, 1.165) is 32.1 Å². The zero-order valence-electron chi connectivity index (χ0n) is 40.2. The molecule has 0 N–H and O–H groups in total. The van der Waals surface area contributed by atoms with Crippen molar-refractivity contribution in [1.29, 1.82) is 0 Å². The molecule has 0 spiro atoms. The molecule has 0 amide bonds. The van der Waals surface area contributed by atoms with E-state index in [1.807, 2.05) is 21.1 Å². The van der Waals surface area contributed by atoms with E-state index in [2.05, 4.69) is 13.8 Å². The van der Waals surface area contributed by atoms with Crippen molar-refractivity contribution in [3.63, 3.8) is 0 Å². The van der Waals surface area contributed by atoms with Gasteiger partial charge in [0.1, 0.15) is 19.3 Å². The standard InChI is InChI=1S/C50H102NO7P/c1-6-8-10-12-14-16-18-20-21-22-23-24-25-26-27-28-29-30-31-32-33-35-37-39-41-43-50(52)58-49(48-57-59(53,54)56-46-44-51(3,4)5)47-55-45-42-40-38-36-34-19-17-15-13-11-9-7-2/h49H,6-48H2,1-5H3. The molecule has 0 heterocycles. The zero-order valence-corrected chi connectivity index (χ0v) is 41.1. The Morgan fingerprint density at radius 2 is 0.780 bits per heavy atom. The maximum atomic E-state index is 12.7. The molecule has 2 unspecified atom stereocenters. The van der Waals surface area contributed by atoms with Crippen molar-refractivity contribution >= 4 is 13.8 Å². The first-order valence-corrected chi connectivity index (χ1v) is 27.2. The highest BCUT2D eigenvalue weighted by Gasteiger charge is 2.20. The Bertz CT molecular complexity index is 914. The highest BCUT2D eigenvalue weighted by atomic mass is 31.2. The van der Waals surface area contributed by atoms with Gasteiger partial charge in [-0.15, -0.1) is 0 Å². The van der Waals surface area contributed by atoms with Gasteiger partial charge < -0.3 is 27.9 Å². The van der Waals surface area contributed by atoms with Gasteiger partial charge in [0.15, 0.2) is 0 Å². The Morgan fingerprint density at radius 3 is 1.12 bits per heavy atom. The van der Waals surface area contributed by atoms with Crippen molar-refractivity contribution in [1.82, 2.24) is 0 Å². The van der Waals surface area contributed by atoms with Crippen molar-refractivity contribution in [3.05, 3.63) is 0 Å². The molecule has 59 heavy (non-hydrogen) atoms. The summed E-state index contributed by atoms with van der Waals surface area (Å²) >= 11 is 0. The van der Waals surface area contributed by atoms with Crippen molar-refractivity contribution in [3.8, 4) is 0 Å². The van der Waals surface area contributed by atoms with E-state index in [-0.39, 0.29) is 25.8 Å². The average Bonchev–Trinajstić information content (AvgIpc) is 3.19. The molecule has 8 nitrogen and oxygen atoms in total. The third-order valence-electron chi connectivity index (χ3n) is 11.7. The summed E-state index contributed by atoms with van der Waals surface area (Å²) in [4.78, 5) is 25.1. The largest absolute Gasteiger partial charge is 0.756 e. The number of likely N-dealkylation sites (N-methyl/N-ethyl adjacent to an activating group) is 1. The summed E-state index contributed by atoms with van der Waals surface area (Å²) in [5.41, 5.74) is 0. The average molecular weight is 860 g/mol. The van der Waals surface area contributed by atoms with Gasteiger partial charge in [-0.2, -0.15) is 0 Å². The predicted molar refractivity (Wildman–Crippen MR) is 250 cm³/mol. The quantitative estimate of drug-likeness (QED) is 0.0260. The molecule has 0 fully saturated rings.